The van der Waals surface area contributed by atoms with Crippen LogP contribution >= 0.6 is 11.6 Å². The van der Waals surface area contributed by atoms with Crippen molar-refractivity contribution in [2.45, 2.75) is 32.2 Å². The molecule has 2 aromatic rings. The third-order valence-electron chi connectivity index (χ3n) is 3.50. The number of hydrogen-bond acceptors (Lipinski definition) is 3. The SMILES string of the molecule is Nc1nc2cc(Cl)cnc2n1CC1CCCC1. The number of pyridine rings is 1. The van der Waals surface area contributed by atoms with E-state index in [0.717, 1.165) is 17.7 Å². The lowest BCUT2D eigenvalue weighted by Crippen LogP contribution is -2.10. The first-order chi connectivity index (χ1) is 8.24. The zero-order valence-corrected chi connectivity index (χ0v) is 10.3. The van der Waals surface area contributed by atoms with Gasteiger partial charge in [-0.25, -0.2) is 9.97 Å². The van der Waals surface area contributed by atoms with Gasteiger partial charge in [-0.15, -0.1) is 0 Å². The Bertz CT molecular complexity index is 543. The zero-order chi connectivity index (χ0) is 11.8. The fourth-order valence-corrected chi connectivity index (χ4v) is 2.79. The van der Waals surface area contributed by atoms with Gasteiger partial charge in [0.2, 0.25) is 5.95 Å². The third kappa shape index (κ3) is 1.97. The molecule has 17 heavy (non-hydrogen) atoms. The van der Waals surface area contributed by atoms with Crippen LogP contribution in [0, 0.1) is 5.92 Å². The van der Waals surface area contributed by atoms with Crippen LogP contribution in [0.5, 0.6) is 0 Å². The van der Waals surface area contributed by atoms with Gasteiger partial charge in [0.25, 0.3) is 0 Å². The van der Waals surface area contributed by atoms with E-state index in [1.165, 1.54) is 25.7 Å². The fourth-order valence-electron chi connectivity index (χ4n) is 2.64. The summed E-state index contributed by atoms with van der Waals surface area (Å²) in [6.45, 7) is 0.928. The van der Waals surface area contributed by atoms with Crippen LogP contribution in [-0.2, 0) is 6.54 Å². The molecule has 1 fully saturated rings. The van der Waals surface area contributed by atoms with Gasteiger partial charge in [0, 0.05) is 12.7 Å². The number of halogens is 1. The van der Waals surface area contributed by atoms with E-state index in [0.29, 0.717) is 16.9 Å². The van der Waals surface area contributed by atoms with Gasteiger partial charge >= 0.3 is 0 Å². The molecule has 5 heteroatoms. The van der Waals surface area contributed by atoms with Crippen molar-refractivity contribution in [2.75, 3.05) is 5.73 Å². The molecule has 1 saturated carbocycles. The van der Waals surface area contributed by atoms with Gasteiger partial charge in [-0.2, -0.15) is 0 Å². The van der Waals surface area contributed by atoms with E-state index in [2.05, 4.69) is 9.97 Å². The Morgan fingerprint density at radius 3 is 2.94 bits per heavy atom. The Hall–Kier alpha value is -1.29. The van der Waals surface area contributed by atoms with Crippen molar-refractivity contribution < 1.29 is 0 Å². The van der Waals surface area contributed by atoms with Crippen LogP contribution in [0.4, 0.5) is 5.95 Å². The second-order valence-electron chi connectivity index (χ2n) is 4.73. The summed E-state index contributed by atoms with van der Waals surface area (Å²) in [5.74, 6) is 1.26. The van der Waals surface area contributed by atoms with Gasteiger partial charge in [-0.1, -0.05) is 24.4 Å². The van der Waals surface area contributed by atoms with E-state index in [9.17, 15) is 0 Å². The minimum Gasteiger partial charge on any atom is -0.369 e. The second kappa shape index (κ2) is 4.18. The Balaban J connectivity index is 1.99. The summed E-state index contributed by atoms with van der Waals surface area (Å²) < 4.78 is 2.02. The van der Waals surface area contributed by atoms with E-state index in [-0.39, 0.29) is 0 Å². The molecule has 2 N–H and O–H groups in total. The van der Waals surface area contributed by atoms with Crippen LogP contribution in [0.2, 0.25) is 5.02 Å². The van der Waals surface area contributed by atoms with Crippen molar-refractivity contribution in [2.24, 2.45) is 5.92 Å². The lowest BCUT2D eigenvalue weighted by Gasteiger charge is -2.11. The summed E-state index contributed by atoms with van der Waals surface area (Å²) in [4.78, 5) is 8.64. The highest BCUT2D eigenvalue weighted by Gasteiger charge is 2.18. The Labute approximate surface area is 105 Å². The highest BCUT2D eigenvalue weighted by molar-refractivity contribution is 6.31. The van der Waals surface area contributed by atoms with Crippen LogP contribution in [0.1, 0.15) is 25.7 Å². The molecule has 0 unspecified atom stereocenters. The summed E-state index contributed by atoms with van der Waals surface area (Å²) in [5, 5.41) is 0.600. The van der Waals surface area contributed by atoms with Gasteiger partial charge < -0.3 is 5.73 Å². The molecule has 90 valence electrons. The van der Waals surface area contributed by atoms with Gasteiger partial charge in [-0.05, 0) is 24.8 Å². The average molecular weight is 251 g/mol. The van der Waals surface area contributed by atoms with Crippen molar-refractivity contribution in [3.8, 4) is 0 Å². The highest BCUT2D eigenvalue weighted by Crippen LogP contribution is 2.28. The number of hydrogen-bond donors (Lipinski definition) is 1. The summed E-state index contributed by atoms with van der Waals surface area (Å²) in [6, 6.07) is 1.81. The first-order valence-electron chi connectivity index (χ1n) is 6.01. The van der Waals surface area contributed by atoms with Crippen LogP contribution in [0.3, 0.4) is 0 Å². The molecular formula is C12H15ClN4. The normalized spacial score (nSPS) is 17.0. The van der Waals surface area contributed by atoms with Crippen molar-refractivity contribution in [1.82, 2.24) is 14.5 Å². The Morgan fingerprint density at radius 1 is 1.41 bits per heavy atom. The molecule has 0 aliphatic heterocycles. The molecule has 0 radical (unpaired) electrons. The molecule has 0 spiro atoms. The summed E-state index contributed by atoms with van der Waals surface area (Å²) >= 11 is 5.90. The number of nitrogen functional groups attached to an aromatic ring is 1. The molecule has 0 saturated heterocycles. The molecule has 3 rings (SSSR count). The monoisotopic (exact) mass is 250 g/mol. The minimum atomic E-state index is 0.543. The maximum Gasteiger partial charge on any atom is 0.202 e. The summed E-state index contributed by atoms with van der Waals surface area (Å²) in [5.41, 5.74) is 7.58. The van der Waals surface area contributed by atoms with Gasteiger partial charge in [0.05, 0.1) is 5.02 Å². The zero-order valence-electron chi connectivity index (χ0n) is 9.56. The number of nitrogens with two attached hydrogens (primary N) is 1. The van der Waals surface area contributed by atoms with E-state index in [1.807, 2.05) is 10.6 Å². The van der Waals surface area contributed by atoms with Crippen molar-refractivity contribution in [1.29, 1.82) is 0 Å². The van der Waals surface area contributed by atoms with Crippen molar-refractivity contribution >= 4 is 28.7 Å². The number of aromatic nitrogens is 3. The number of nitrogens with zero attached hydrogens (tertiary/aromatic N) is 3. The predicted molar refractivity (Wildman–Crippen MR) is 68.9 cm³/mol. The second-order valence-corrected chi connectivity index (χ2v) is 5.16. The lowest BCUT2D eigenvalue weighted by atomic mass is 10.1. The molecule has 1 aliphatic rings. The molecule has 0 amide bonds. The predicted octanol–water partition coefficient (Wildman–Crippen LogP) is 2.86. The number of imidazole rings is 1. The first kappa shape index (κ1) is 10.8. The van der Waals surface area contributed by atoms with Gasteiger partial charge in [-0.3, -0.25) is 4.57 Å². The molecule has 0 atom stereocenters. The molecular weight excluding hydrogens is 236 g/mol. The van der Waals surface area contributed by atoms with Gasteiger partial charge in [0.15, 0.2) is 5.65 Å². The Kier molecular flexibility index (Phi) is 2.67. The van der Waals surface area contributed by atoms with Crippen molar-refractivity contribution in [3.05, 3.63) is 17.3 Å². The summed E-state index contributed by atoms with van der Waals surface area (Å²) in [7, 11) is 0. The highest BCUT2D eigenvalue weighted by atomic mass is 35.5. The molecule has 2 heterocycles. The topological polar surface area (TPSA) is 56.7 Å². The first-order valence-corrected chi connectivity index (χ1v) is 6.39. The maximum atomic E-state index is 5.95. The minimum absolute atomic E-state index is 0.543. The largest absolute Gasteiger partial charge is 0.369 e. The lowest BCUT2D eigenvalue weighted by molar-refractivity contribution is 0.466. The van der Waals surface area contributed by atoms with E-state index < -0.39 is 0 Å². The quantitative estimate of drug-likeness (QED) is 0.892. The Morgan fingerprint density at radius 2 is 2.18 bits per heavy atom. The van der Waals surface area contributed by atoms with Crippen LogP contribution in [0.15, 0.2) is 12.3 Å². The van der Waals surface area contributed by atoms with Crippen LogP contribution in [0.25, 0.3) is 11.2 Å². The van der Waals surface area contributed by atoms with Crippen LogP contribution < -0.4 is 5.73 Å². The number of rotatable bonds is 2. The standard InChI is InChI=1S/C12H15ClN4/c13-9-5-10-11(15-6-9)17(12(14)16-10)7-8-3-1-2-4-8/h5-6,8H,1-4,7H2,(H2,14,16). The third-order valence-corrected chi connectivity index (χ3v) is 3.70. The molecule has 4 nitrogen and oxygen atoms in total. The molecule has 0 aromatic carbocycles. The van der Waals surface area contributed by atoms with E-state index >= 15 is 0 Å². The summed E-state index contributed by atoms with van der Waals surface area (Å²) in [6.07, 6.45) is 6.88. The number of fused-ring (bicyclic) bond motifs is 1. The maximum absolute atomic E-state index is 5.95. The van der Waals surface area contributed by atoms with E-state index in [4.69, 9.17) is 17.3 Å². The van der Waals surface area contributed by atoms with Crippen LogP contribution in [-0.4, -0.2) is 14.5 Å². The van der Waals surface area contributed by atoms with E-state index in [1.54, 1.807) is 6.20 Å². The fraction of sp³-hybridized carbons (Fsp3) is 0.500. The van der Waals surface area contributed by atoms with Crippen molar-refractivity contribution in [3.63, 3.8) is 0 Å². The number of anilines is 1. The smallest absolute Gasteiger partial charge is 0.202 e. The average Bonchev–Trinajstić information content (AvgIpc) is 2.88. The van der Waals surface area contributed by atoms with Gasteiger partial charge in [0.1, 0.15) is 5.52 Å². The molecule has 0 bridgehead atoms. The molecule has 2 aromatic heterocycles. The molecule has 1 aliphatic carbocycles.